The molecule has 0 fully saturated rings. The van der Waals surface area contributed by atoms with Crippen molar-refractivity contribution in [3.63, 3.8) is 0 Å². The first-order valence-electron chi connectivity index (χ1n) is 8.56. The highest BCUT2D eigenvalue weighted by Gasteiger charge is 2.20. The molecule has 0 unspecified atom stereocenters. The molecule has 2 amide bonds. The number of rotatable bonds is 6. The Hall–Kier alpha value is -3.59. The molecule has 0 aliphatic carbocycles. The standard InChI is InChI=1S/C19H16N6O2S/c26-16(22-18-24-25-12-20-23-19(25)28-18)11-15(13-7-3-1-4-8-13)21-17(27)14-9-5-2-6-10-14/h1-10,12,15H,11H2,(H,21,27)(H,22,24,26)/t15-/m1/s1. The summed E-state index contributed by atoms with van der Waals surface area (Å²) in [7, 11) is 0. The molecule has 2 heterocycles. The van der Waals surface area contributed by atoms with Gasteiger partial charge >= 0.3 is 0 Å². The Labute approximate surface area is 164 Å². The molecule has 4 rings (SSSR count). The van der Waals surface area contributed by atoms with E-state index in [0.29, 0.717) is 15.7 Å². The summed E-state index contributed by atoms with van der Waals surface area (Å²) in [4.78, 5) is 25.7. The maximum Gasteiger partial charge on any atom is 0.251 e. The summed E-state index contributed by atoms with van der Waals surface area (Å²) < 4.78 is 1.49. The van der Waals surface area contributed by atoms with E-state index < -0.39 is 6.04 Å². The number of amides is 2. The molecule has 2 aromatic carbocycles. The number of fused-ring (bicyclic) bond motifs is 1. The summed E-state index contributed by atoms with van der Waals surface area (Å²) in [5.41, 5.74) is 1.39. The Morgan fingerprint density at radius 1 is 1.04 bits per heavy atom. The van der Waals surface area contributed by atoms with Gasteiger partial charge in [-0.05, 0) is 17.7 Å². The van der Waals surface area contributed by atoms with Crippen molar-refractivity contribution in [2.75, 3.05) is 5.32 Å². The molecule has 28 heavy (non-hydrogen) atoms. The van der Waals surface area contributed by atoms with Gasteiger partial charge in [-0.25, -0.2) is 0 Å². The minimum absolute atomic E-state index is 0.0722. The minimum Gasteiger partial charge on any atom is -0.345 e. The summed E-state index contributed by atoms with van der Waals surface area (Å²) in [6.07, 6.45) is 1.54. The number of benzene rings is 2. The summed E-state index contributed by atoms with van der Waals surface area (Å²) in [6.45, 7) is 0. The average molecular weight is 392 g/mol. The third kappa shape index (κ3) is 4.04. The van der Waals surface area contributed by atoms with Crippen molar-refractivity contribution in [2.45, 2.75) is 12.5 Å². The van der Waals surface area contributed by atoms with E-state index in [9.17, 15) is 9.59 Å². The zero-order chi connectivity index (χ0) is 19.3. The lowest BCUT2D eigenvalue weighted by atomic mass is 10.0. The molecule has 140 valence electrons. The lowest BCUT2D eigenvalue weighted by Gasteiger charge is -2.18. The van der Waals surface area contributed by atoms with Gasteiger partial charge in [0.1, 0.15) is 6.33 Å². The van der Waals surface area contributed by atoms with Crippen molar-refractivity contribution in [1.29, 1.82) is 0 Å². The SMILES string of the molecule is O=C(C[C@@H](NC(=O)c1ccccc1)c1ccccc1)Nc1nn2cnnc2s1. The van der Waals surface area contributed by atoms with E-state index in [0.717, 1.165) is 5.56 Å². The van der Waals surface area contributed by atoms with E-state index in [4.69, 9.17) is 0 Å². The molecule has 2 aromatic heterocycles. The number of nitrogens with zero attached hydrogens (tertiary/aromatic N) is 4. The van der Waals surface area contributed by atoms with Crippen LogP contribution in [0.2, 0.25) is 0 Å². The van der Waals surface area contributed by atoms with Gasteiger partial charge in [0.15, 0.2) is 0 Å². The number of carbonyl (C=O) groups is 2. The Kier molecular flexibility index (Phi) is 5.07. The summed E-state index contributed by atoms with van der Waals surface area (Å²) in [5, 5.41) is 17.9. The molecule has 9 heteroatoms. The number of nitrogens with one attached hydrogen (secondary N) is 2. The van der Waals surface area contributed by atoms with Gasteiger partial charge in [-0.2, -0.15) is 4.52 Å². The molecule has 0 bridgehead atoms. The van der Waals surface area contributed by atoms with E-state index in [-0.39, 0.29) is 18.2 Å². The largest absolute Gasteiger partial charge is 0.345 e. The fourth-order valence-corrected chi connectivity index (χ4v) is 3.47. The lowest BCUT2D eigenvalue weighted by Crippen LogP contribution is -2.31. The summed E-state index contributed by atoms with van der Waals surface area (Å²) in [5.74, 6) is -0.492. The van der Waals surface area contributed by atoms with Gasteiger partial charge in [0.05, 0.1) is 12.5 Å². The van der Waals surface area contributed by atoms with Gasteiger partial charge in [-0.15, -0.1) is 15.3 Å². The van der Waals surface area contributed by atoms with E-state index in [1.165, 1.54) is 22.2 Å². The second-order valence-corrected chi connectivity index (χ2v) is 6.98. The van der Waals surface area contributed by atoms with Crippen LogP contribution in [-0.4, -0.2) is 31.6 Å². The normalized spacial score (nSPS) is 11.9. The Morgan fingerprint density at radius 3 is 2.46 bits per heavy atom. The molecular formula is C19H16N6O2S. The van der Waals surface area contributed by atoms with Crippen LogP contribution in [0.1, 0.15) is 28.4 Å². The number of aromatic nitrogens is 4. The average Bonchev–Trinajstić information content (AvgIpc) is 3.30. The van der Waals surface area contributed by atoms with Crippen molar-refractivity contribution in [3.8, 4) is 0 Å². The van der Waals surface area contributed by atoms with Crippen molar-refractivity contribution in [1.82, 2.24) is 25.1 Å². The van der Waals surface area contributed by atoms with Crippen LogP contribution in [0.15, 0.2) is 67.0 Å². The zero-order valence-corrected chi connectivity index (χ0v) is 15.5. The van der Waals surface area contributed by atoms with Gasteiger partial charge in [-0.3, -0.25) is 9.59 Å². The monoisotopic (exact) mass is 392 g/mol. The third-order valence-electron chi connectivity index (χ3n) is 4.07. The number of anilines is 1. The lowest BCUT2D eigenvalue weighted by molar-refractivity contribution is -0.116. The smallest absolute Gasteiger partial charge is 0.251 e. The van der Waals surface area contributed by atoms with Crippen molar-refractivity contribution in [2.24, 2.45) is 0 Å². The topological polar surface area (TPSA) is 101 Å². The molecule has 0 spiro atoms. The van der Waals surface area contributed by atoms with Crippen LogP contribution in [0.3, 0.4) is 0 Å². The molecular weight excluding hydrogens is 376 g/mol. The molecule has 1 atom stereocenters. The van der Waals surface area contributed by atoms with Crippen LogP contribution < -0.4 is 10.6 Å². The highest BCUT2D eigenvalue weighted by atomic mass is 32.1. The first-order chi connectivity index (χ1) is 13.7. The van der Waals surface area contributed by atoms with Gasteiger partial charge in [-0.1, -0.05) is 59.9 Å². The van der Waals surface area contributed by atoms with Crippen molar-refractivity contribution >= 4 is 33.2 Å². The molecule has 2 N–H and O–H groups in total. The first-order valence-corrected chi connectivity index (χ1v) is 9.38. The molecule has 0 saturated carbocycles. The maximum absolute atomic E-state index is 12.6. The quantitative estimate of drug-likeness (QED) is 0.525. The Morgan fingerprint density at radius 2 is 1.75 bits per heavy atom. The molecule has 0 aliphatic rings. The minimum atomic E-state index is -0.473. The highest BCUT2D eigenvalue weighted by Crippen LogP contribution is 2.21. The zero-order valence-electron chi connectivity index (χ0n) is 14.6. The van der Waals surface area contributed by atoms with Crippen LogP contribution in [0.4, 0.5) is 5.13 Å². The summed E-state index contributed by atoms with van der Waals surface area (Å²) >= 11 is 1.22. The van der Waals surface area contributed by atoms with Crippen molar-refractivity contribution < 1.29 is 9.59 Å². The molecule has 0 radical (unpaired) electrons. The van der Waals surface area contributed by atoms with Crippen LogP contribution >= 0.6 is 11.3 Å². The molecule has 4 aromatic rings. The fraction of sp³-hybridized carbons (Fsp3) is 0.105. The van der Waals surface area contributed by atoms with Crippen LogP contribution in [0.5, 0.6) is 0 Å². The third-order valence-corrected chi connectivity index (χ3v) is 4.89. The van der Waals surface area contributed by atoms with Crippen LogP contribution in [0.25, 0.3) is 4.96 Å². The van der Waals surface area contributed by atoms with Gasteiger partial charge in [0.2, 0.25) is 16.0 Å². The molecule has 0 aliphatic heterocycles. The molecule has 8 nitrogen and oxygen atoms in total. The van der Waals surface area contributed by atoms with Gasteiger partial charge in [0, 0.05) is 5.56 Å². The van der Waals surface area contributed by atoms with E-state index in [1.54, 1.807) is 24.3 Å². The number of hydrogen-bond acceptors (Lipinski definition) is 6. The summed E-state index contributed by atoms with van der Waals surface area (Å²) in [6, 6.07) is 17.8. The van der Waals surface area contributed by atoms with Crippen molar-refractivity contribution in [3.05, 3.63) is 78.1 Å². The maximum atomic E-state index is 12.6. The second-order valence-electron chi connectivity index (χ2n) is 6.02. The van der Waals surface area contributed by atoms with Crippen LogP contribution in [-0.2, 0) is 4.79 Å². The van der Waals surface area contributed by atoms with Gasteiger partial charge in [0.25, 0.3) is 5.91 Å². The van der Waals surface area contributed by atoms with E-state index >= 15 is 0 Å². The predicted molar refractivity (Wildman–Crippen MR) is 105 cm³/mol. The first kappa shape index (κ1) is 17.8. The Balaban J connectivity index is 1.49. The number of hydrogen-bond donors (Lipinski definition) is 2. The molecule has 0 saturated heterocycles. The van der Waals surface area contributed by atoms with Gasteiger partial charge < -0.3 is 10.6 Å². The highest BCUT2D eigenvalue weighted by molar-refractivity contribution is 7.20. The van der Waals surface area contributed by atoms with Crippen LogP contribution in [0, 0.1) is 0 Å². The Bertz CT molecular complexity index is 1060. The predicted octanol–water partition coefficient (Wildman–Crippen LogP) is 2.69. The number of carbonyl (C=O) groups excluding carboxylic acids is 2. The second kappa shape index (κ2) is 7.97. The fourth-order valence-electron chi connectivity index (χ4n) is 2.73. The van der Waals surface area contributed by atoms with E-state index in [1.807, 2.05) is 36.4 Å². The van der Waals surface area contributed by atoms with E-state index in [2.05, 4.69) is 25.9 Å².